The molecular weight excluding hydrogens is 554 g/mol. The van der Waals surface area contributed by atoms with Gasteiger partial charge >= 0.3 is 24.3 Å². The third-order valence-electron chi connectivity index (χ3n) is 6.69. The molecule has 0 spiro atoms. The van der Waals surface area contributed by atoms with Gasteiger partial charge < -0.3 is 29.3 Å². The molecule has 3 saturated heterocycles. The van der Waals surface area contributed by atoms with Crippen molar-refractivity contribution in [1.82, 2.24) is 9.88 Å². The van der Waals surface area contributed by atoms with E-state index in [9.17, 15) is 26.3 Å². The van der Waals surface area contributed by atoms with Crippen LogP contribution in [0.3, 0.4) is 0 Å². The Hall–Kier alpha value is -2.49. The number of hydrogen-bond donors (Lipinski definition) is 2. The van der Waals surface area contributed by atoms with E-state index in [0.717, 1.165) is 56.7 Å². The Bertz CT molecular complexity index is 917. The summed E-state index contributed by atoms with van der Waals surface area (Å²) in [5.41, 5.74) is 2.07. The number of hydrogen-bond acceptors (Lipinski definition) is 7. The zero-order chi connectivity index (χ0) is 29.9. The number of alkyl halides is 6. The van der Waals surface area contributed by atoms with Crippen LogP contribution in [0.4, 0.5) is 26.3 Å². The number of halogens is 6. The first-order valence-corrected chi connectivity index (χ1v) is 12.7. The molecule has 4 rings (SSSR count). The van der Waals surface area contributed by atoms with Crippen molar-refractivity contribution in [3.05, 3.63) is 29.6 Å². The van der Waals surface area contributed by atoms with E-state index >= 15 is 0 Å². The largest absolute Gasteiger partial charge is 0.490 e. The maximum absolute atomic E-state index is 10.6. The Morgan fingerprint density at radius 3 is 2.20 bits per heavy atom. The number of carbonyl (C=O) groups is 2. The zero-order valence-corrected chi connectivity index (χ0v) is 21.9. The molecule has 0 radical (unpaired) electrons. The highest BCUT2D eigenvalue weighted by atomic mass is 19.4. The molecule has 4 heterocycles. The van der Waals surface area contributed by atoms with Gasteiger partial charge in [-0.1, -0.05) is 6.07 Å². The summed E-state index contributed by atoms with van der Waals surface area (Å²) in [5, 5.41) is 14.2. The van der Waals surface area contributed by atoms with Crippen molar-refractivity contribution in [3.8, 4) is 0 Å². The maximum atomic E-state index is 10.6. The average Bonchev–Trinajstić information content (AvgIpc) is 3.43. The molecule has 0 bridgehead atoms. The lowest BCUT2D eigenvalue weighted by atomic mass is 9.91. The molecule has 9 nitrogen and oxygen atoms in total. The van der Waals surface area contributed by atoms with Crippen molar-refractivity contribution >= 4 is 11.9 Å². The summed E-state index contributed by atoms with van der Waals surface area (Å²) in [6, 6.07) is 6.10. The summed E-state index contributed by atoms with van der Waals surface area (Å²) in [4.78, 5) is 24.9. The van der Waals surface area contributed by atoms with Crippen LogP contribution < -0.4 is 0 Å². The van der Waals surface area contributed by atoms with E-state index in [1.807, 2.05) is 25.1 Å². The van der Waals surface area contributed by atoms with Crippen LogP contribution in [0.1, 0.15) is 30.7 Å². The molecule has 0 aromatic carbocycles. The summed E-state index contributed by atoms with van der Waals surface area (Å²) in [5.74, 6) is -3.37. The van der Waals surface area contributed by atoms with Gasteiger partial charge in [-0.3, -0.25) is 4.98 Å². The number of aromatic nitrogens is 1. The van der Waals surface area contributed by atoms with Crippen molar-refractivity contribution < 1.29 is 60.4 Å². The number of aryl methyl sites for hydroxylation is 1. The average molecular weight is 589 g/mol. The van der Waals surface area contributed by atoms with Crippen molar-refractivity contribution in [3.63, 3.8) is 0 Å². The molecule has 2 N–H and O–H groups in total. The predicted molar refractivity (Wildman–Crippen MR) is 127 cm³/mol. The molecule has 3 aliphatic heterocycles. The second-order valence-corrected chi connectivity index (χ2v) is 9.79. The third kappa shape index (κ3) is 11.9. The SMILES string of the molecule is Cc1cccc(COCC[C@H]2CO[C@H]3CN(CC4CCOCC4)C[C@@H]23)n1.O=C(O)C(F)(F)F.O=C(O)C(F)(F)F. The van der Waals surface area contributed by atoms with Gasteiger partial charge in [0.05, 0.1) is 25.0 Å². The highest BCUT2D eigenvalue weighted by Gasteiger charge is 2.43. The predicted octanol–water partition coefficient (Wildman–Crippen LogP) is 3.94. The molecule has 3 atom stereocenters. The first-order valence-electron chi connectivity index (χ1n) is 12.7. The first-order chi connectivity index (χ1) is 18.7. The molecule has 40 heavy (non-hydrogen) atoms. The van der Waals surface area contributed by atoms with Gasteiger partial charge in [-0.25, -0.2) is 9.59 Å². The highest BCUT2D eigenvalue weighted by Crippen LogP contribution is 2.36. The summed E-state index contributed by atoms with van der Waals surface area (Å²) >= 11 is 0. The Labute approximate surface area is 227 Å². The van der Waals surface area contributed by atoms with Crippen LogP contribution in [0.2, 0.25) is 0 Å². The van der Waals surface area contributed by atoms with Gasteiger partial charge in [-0.05, 0) is 50.2 Å². The van der Waals surface area contributed by atoms with E-state index in [-0.39, 0.29) is 0 Å². The molecule has 0 amide bonds. The first kappa shape index (κ1) is 33.7. The van der Waals surface area contributed by atoms with Crippen LogP contribution in [-0.4, -0.2) is 96.6 Å². The molecule has 0 aliphatic carbocycles. The Morgan fingerprint density at radius 2 is 1.65 bits per heavy atom. The number of carboxylic acid groups (broad SMARTS) is 2. The Kier molecular flexibility index (Phi) is 13.1. The van der Waals surface area contributed by atoms with E-state index in [1.54, 1.807) is 0 Å². The molecular formula is C25H34F6N2O7. The molecule has 1 aromatic heterocycles. The number of aliphatic carboxylic acids is 2. The van der Waals surface area contributed by atoms with Crippen LogP contribution in [0.15, 0.2) is 18.2 Å². The fraction of sp³-hybridized carbons (Fsp3) is 0.720. The van der Waals surface area contributed by atoms with Crippen molar-refractivity contribution in [1.29, 1.82) is 0 Å². The van der Waals surface area contributed by atoms with Crippen molar-refractivity contribution in [2.24, 2.45) is 17.8 Å². The standard InChI is InChI=1S/C21H32N2O3.2C2HF3O2/c1-16-3-2-4-19(22-16)15-25-10-7-18-14-26-21-13-23(12-20(18)21)11-17-5-8-24-9-6-17;2*3-2(4,5)1(6)7/h2-4,17-18,20-21H,5-15H2,1H3;2*(H,6,7)/t18-,20-,21-;;/m0../s1. The fourth-order valence-electron chi connectivity index (χ4n) is 4.71. The van der Waals surface area contributed by atoms with Crippen molar-refractivity contribution in [2.45, 2.75) is 51.2 Å². The maximum Gasteiger partial charge on any atom is 0.490 e. The summed E-state index contributed by atoms with van der Waals surface area (Å²) in [7, 11) is 0. The minimum Gasteiger partial charge on any atom is -0.475 e. The monoisotopic (exact) mass is 588 g/mol. The number of fused-ring (bicyclic) bond motifs is 1. The zero-order valence-electron chi connectivity index (χ0n) is 21.9. The highest BCUT2D eigenvalue weighted by molar-refractivity contribution is 5.73. The minimum absolute atomic E-state index is 0.443. The molecule has 228 valence electrons. The smallest absolute Gasteiger partial charge is 0.475 e. The number of pyridine rings is 1. The summed E-state index contributed by atoms with van der Waals surface area (Å²) in [6.45, 7) is 9.76. The quantitative estimate of drug-likeness (QED) is 0.361. The molecule has 0 saturated carbocycles. The third-order valence-corrected chi connectivity index (χ3v) is 6.69. The fourth-order valence-corrected chi connectivity index (χ4v) is 4.71. The van der Waals surface area contributed by atoms with Gasteiger partial charge in [0.2, 0.25) is 0 Å². The molecule has 1 aromatic rings. The molecule has 0 unspecified atom stereocenters. The van der Waals surface area contributed by atoms with E-state index in [1.165, 1.54) is 25.9 Å². The van der Waals surface area contributed by atoms with Gasteiger partial charge in [-0.2, -0.15) is 26.3 Å². The van der Waals surface area contributed by atoms with Gasteiger partial charge in [-0.15, -0.1) is 0 Å². The second kappa shape index (κ2) is 15.5. The van der Waals surface area contributed by atoms with Gasteiger partial charge in [0.25, 0.3) is 0 Å². The minimum atomic E-state index is -5.08. The number of nitrogens with zero attached hydrogens (tertiary/aromatic N) is 2. The van der Waals surface area contributed by atoms with Crippen molar-refractivity contribution in [2.75, 3.05) is 46.1 Å². The summed E-state index contributed by atoms with van der Waals surface area (Å²) < 4.78 is 81.0. The lowest BCUT2D eigenvalue weighted by Crippen LogP contribution is -2.32. The lowest BCUT2D eigenvalue weighted by Gasteiger charge is -2.27. The van der Waals surface area contributed by atoms with E-state index in [4.69, 9.17) is 34.0 Å². The van der Waals surface area contributed by atoms with Gasteiger partial charge in [0.15, 0.2) is 0 Å². The van der Waals surface area contributed by atoms with Crippen LogP contribution >= 0.6 is 0 Å². The van der Waals surface area contributed by atoms with E-state index in [2.05, 4.69) is 9.88 Å². The van der Waals surface area contributed by atoms with Gasteiger partial charge in [0, 0.05) is 51.1 Å². The normalized spacial score (nSPS) is 23.4. The topological polar surface area (TPSA) is 118 Å². The van der Waals surface area contributed by atoms with E-state index < -0.39 is 24.3 Å². The number of carboxylic acids is 2. The van der Waals surface area contributed by atoms with Crippen LogP contribution in [-0.2, 0) is 30.4 Å². The second-order valence-electron chi connectivity index (χ2n) is 9.79. The van der Waals surface area contributed by atoms with Crippen LogP contribution in [0.25, 0.3) is 0 Å². The Balaban J connectivity index is 0.000000333. The number of likely N-dealkylation sites (tertiary alicyclic amines) is 1. The number of ether oxygens (including phenoxy) is 3. The van der Waals surface area contributed by atoms with Crippen LogP contribution in [0.5, 0.6) is 0 Å². The molecule has 3 fully saturated rings. The van der Waals surface area contributed by atoms with Gasteiger partial charge in [0.1, 0.15) is 0 Å². The number of rotatable bonds is 7. The lowest BCUT2D eigenvalue weighted by molar-refractivity contribution is -0.193. The Morgan fingerprint density at radius 1 is 1.05 bits per heavy atom. The molecule has 3 aliphatic rings. The summed E-state index contributed by atoms with van der Waals surface area (Å²) in [6.07, 6.45) is -6.19. The van der Waals surface area contributed by atoms with E-state index in [0.29, 0.717) is 24.5 Å². The molecule has 15 heteroatoms. The van der Waals surface area contributed by atoms with Crippen LogP contribution in [0, 0.1) is 24.7 Å².